The van der Waals surface area contributed by atoms with Gasteiger partial charge in [-0.25, -0.2) is 0 Å². The van der Waals surface area contributed by atoms with Crippen LogP contribution in [0.15, 0.2) is 42.6 Å². The van der Waals surface area contributed by atoms with Crippen LogP contribution in [-0.4, -0.2) is 31.2 Å². The van der Waals surface area contributed by atoms with E-state index >= 15 is 0 Å². The molecule has 2 aromatic carbocycles. The van der Waals surface area contributed by atoms with E-state index in [0.717, 1.165) is 30.6 Å². The predicted molar refractivity (Wildman–Crippen MR) is 105 cm³/mol. The van der Waals surface area contributed by atoms with E-state index in [-0.39, 0.29) is 19.0 Å². The van der Waals surface area contributed by atoms with Crippen molar-refractivity contribution < 1.29 is 32.0 Å². The van der Waals surface area contributed by atoms with Crippen LogP contribution in [0.5, 0.6) is 11.5 Å². The smallest absolute Gasteiger partial charge is 0.255 e. The Morgan fingerprint density at radius 2 is 2.07 bits per heavy atom. The molecule has 0 bridgehead atoms. The van der Waals surface area contributed by atoms with Crippen molar-refractivity contribution in [3.8, 4) is 11.5 Å². The van der Waals surface area contributed by atoms with Crippen molar-refractivity contribution in [3.63, 3.8) is 0 Å². The number of carbonyl (C=O) groups is 1. The molecular weight excluding hydrogens is 401 g/mol. The molecule has 0 saturated carbocycles. The number of carbonyl (C=O) groups excluding carboxylic acids is 1. The molecule has 3 aromatic rings. The van der Waals surface area contributed by atoms with Crippen LogP contribution in [-0.2, 0) is 17.8 Å². The Labute approximate surface area is 174 Å². The Morgan fingerprint density at radius 3 is 2.82 bits per heavy atom. The summed E-state index contributed by atoms with van der Waals surface area (Å²) in [4.78, 5) is 14.2. The Kier molecular flexibility index (Phi) is 7.99. The van der Waals surface area contributed by atoms with E-state index in [2.05, 4.69) is 34.7 Å². The lowest BCUT2D eigenvalue weighted by molar-refractivity contribution is -0.670. The van der Waals surface area contributed by atoms with Gasteiger partial charge in [0.25, 0.3) is 5.91 Å². The lowest BCUT2D eigenvalue weighted by atomic mass is 10.1. The molecule has 0 aliphatic carbocycles. The maximum atomic E-state index is 10.9. The van der Waals surface area contributed by atoms with Gasteiger partial charge in [0.1, 0.15) is 6.54 Å². The highest BCUT2D eigenvalue weighted by atomic mass is 35.5. The fourth-order valence-corrected chi connectivity index (χ4v) is 3.33. The zero-order valence-corrected chi connectivity index (χ0v) is 17.0. The molecule has 0 atom stereocenters. The zero-order valence-electron chi connectivity index (χ0n) is 15.5. The van der Waals surface area contributed by atoms with E-state index in [1.165, 1.54) is 18.1 Å². The SMILES string of the molecule is COc1cc(C[NH2+]CCc2c[nH]c3ccccc23)cc(Cl)c1OCC(N)=O.[Cl-]. The van der Waals surface area contributed by atoms with Gasteiger partial charge >= 0.3 is 0 Å². The number of ether oxygens (including phenoxy) is 2. The summed E-state index contributed by atoms with van der Waals surface area (Å²) in [6, 6.07) is 12.0. The Morgan fingerprint density at radius 1 is 1.29 bits per heavy atom. The predicted octanol–water partition coefficient (Wildman–Crippen LogP) is -0.996. The molecular formula is C20H23Cl2N3O3. The number of amides is 1. The van der Waals surface area contributed by atoms with Crippen LogP contribution in [0.4, 0.5) is 0 Å². The molecule has 1 heterocycles. The van der Waals surface area contributed by atoms with Gasteiger partial charge in [-0.1, -0.05) is 29.8 Å². The van der Waals surface area contributed by atoms with Crippen molar-refractivity contribution in [1.29, 1.82) is 0 Å². The number of nitrogens with two attached hydrogens (primary N) is 2. The van der Waals surface area contributed by atoms with Crippen molar-refractivity contribution >= 4 is 28.4 Å². The van der Waals surface area contributed by atoms with Crippen molar-refractivity contribution in [1.82, 2.24) is 4.98 Å². The van der Waals surface area contributed by atoms with Gasteiger partial charge in [-0.05, 0) is 23.8 Å². The number of halogens is 2. The van der Waals surface area contributed by atoms with Gasteiger partial charge in [0.2, 0.25) is 0 Å². The molecule has 6 nitrogen and oxygen atoms in total. The first kappa shape index (κ1) is 21.9. The molecule has 0 aliphatic rings. The largest absolute Gasteiger partial charge is 1.00 e. The standard InChI is InChI=1S/C20H22ClN3O3.ClH/c1-26-18-9-13(8-16(21)20(18)27-12-19(22)25)10-23-7-6-14-11-24-17-5-3-2-4-15(14)17;/h2-5,8-9,11,23-24H,6-7,10,12H2,1H3,(H2,22,25);1H. The lowest BCUT2D eigenvalue weighted by Crippen LogP contribution is -3.00. The summed E-state index contributed by atoms with van der Waals surface area (Å²) in [5.74, 6) is 0.257. The summed E-state index contributed by atoms with van der Waals surface area (Å²) in [6.07, 6.45) is 3.04. The molecule has 150 valence electrons. The number of para-hydroxylation sites is 1. The van der Waals surface area contributed by atoms with E-state index in [9.17, 15) is 4.79 Å². The van der Waals surface area contributed by atoms with E-state index in [4.69, 9.17) is 26.8 Å². The average molecular weight is 424 g/mol. The minimum atomic E-state index is -0.567. The Hall–Kier alpha value is -2.41. The fraction of sp³-hybridized carbons (Fsp3) is 0.250. The average Bonchev–Trinajstić information content (AvgIpc) is 3.07. The normalized spacial score (nSPS) is 10.5. The number of benzene rings is 2. The monoisotopic (exact) mass is 423 g/mol. The third-order valence-electron chi connectivity index (χ3n) is 4.32. The number of quaternary nitrogens is 1. The maximum Gasteiger partial charge on any atom is 0.255 e. The number of aromatic nitrogens is 1. The highest BCUT2D eigenvalue weighted by Crippen LogP contribution is 2.36. The molecule has 0 unspecified atom stereocenters. The van der Waals surface area contributed by atoms with Crippen LogP contribution in [0.2, 0.25) is 5.02 Å². The number of H-pyrrole nitrogens is 1. The van der Waals surface area contributed by atoms with Crippen molar-refractivity contribution in [2.75, 3.05) is 20.3 Å². The van der Waals surface area contributed by atoms with Crippen LogP contribution in [0, 0.1) is 0 Å². The van der Waals surface area contributed by atoms with Crippen LogP contribution >= 0.6 is 11.6 Å². The van der Waals surface area contributed by atoms with Crippen LogP contribution in [0.1, 0.15) is 11.1 Å². The van der Waals surface area contributed by atoms with Gasteiger partial charge in [-0.2, -0.15) is 0 Å². The number of fused-ring (bicyclic) bond motifs is 1. The molecule has 5 N–H and O–H groups in total. The van der Waals surface area contributed by atoms with Gasteiger partial charge in [-0.15, -0.1) is 0 Å². The fourth-order valence-electron chi connectivity index (χ4n) is 3.04. The van der Waals surface area contributed by atoms with Crippen molar-refractivity contribution in [2.45, 2.75) is 13.0 Å². The molecule has 8 heteroatoms. The van der Waals surface area contributed by atoms with E-state index in [1.807, 2.05) is 18.2 Å². The minimum absolute atomic E-state index is 0. The summed E-state index contributed by atoms with van der Waals surface area (Å²) >= 11 is 6.28. The number of hydrogen-bond acceptors (Lipinski definition) is 3. The molecule has 0 fully saturated rings. The van der Waals surface area contributed by atoms with Gasteiger partial charge < -0.3 is 37.9 Å². The number of primary amides is 1. The molecule has 28 heavy (non-hydrogen) atoms. The van der Waals surface area contributed by atoms with Crippen molar-refractivity contribution in [2.24, 2.45) is 5.73 Å². The summed E-state index contributed by atoms with van der Waals surface area (Å²) in [6.45, 7) is 1.46. The number of rotatable bonds is 9. The van der Waals surface area contributed by atoms with E-state index in [1.54, 1.807) is 0 Å². The summed E-state index contributed by atoms with van der Waals surface area (Å²) in [7, 11) is 1.54. The molecule has 1 amide bonds. The molecule has 3 rings (SSSR count). The lowest BCUT2D eigenvalue weighted by Gasteiger charge is -2.13. The topological polar surface area (TPSA) is 93.9 Å². The number of methoxy groups -OCH3 is 1. The van der Waals surface area contributed by atoms with Gasteiger partial charge in [0.15, 0.2) is 18.1 Å². The molecule has 0 aliphatic heterocycles. The second-order valence-electron chi connectivity index (χ2n) is 6.25. The van der Waals surface area contributed by atoms with Crippen LogP contribution in [0.3, 0.4) is 0 Å². The minimum Gasteiger partial charge on any atom is -1.00 e. The van der Waals surface area contributed by atoms with Crippen molar-refractivity contribution in [3.05, 3.63) is 58.7 Å². The third-order valence-corrected chi connectivity index (χ3v) is 4.60. The Balaban J connectivity index is 0.00000280. The maximum absolute atomic E-state index is 10.9. The summed E-state index contributed by atoms with van der Waals surface area (Å²) in [5.41, 5.74) is 8.60. The third kappa shape index (κ3) is 5.32. The second-order valence-corrected chi connectivity index (χ2v) is 6.66. The second kappa shape index (κ2) is 10.2. The first-order chi connectivity index (χ1) is 13.1. The van der Waals surface area contributed by atoms with Crippen LogP contribution < -0.4 is 32.9 Å². The Bertz CT molecular complexity index is 944. The molecule has 0 spiro atoms. The number of nitrogens with one attached hydrogen (secondary N) is 1. The van der Waals surface area contributed by atoms with Gasteiger partial charge in [-0.3, -0.25) is 4.79 Å². The number of hydrogen-bond donors (Lipinski definition) is 3. The molecule has 1 aromatic heterocycles. The quantitative estimate of drug-likeness (QED) is 0.385. The first-order valence-corrected chi connectivity index (χ1v) is 9.10. The van der Waals surface area contributed by atoms with E-state index < -0.39 is 5.91 Å². The number of aromatic amines is 1. The molecule has 0 saturated heterocycles. The highest BCUT2D eigenvalue weighted by Gasteiger charge is 2.14. The molecule has 0 radical (unpaired) electrons. The zero-order chi connectivity index (χ0) is 19.2. The highest BCUT2D eigenvalue weighted by molar-refractivity contribution is 6.32. The van der Waals surface area contributed by atoms with Crippen LogP contribution in [0.25, 0.3) is 10.9 Å². The van der Waals surface area contributed by atoms with Gasteiger partial charge in [0.05, 0.1) is 18.7 Å². The summed E-state index contributed by atoms with van der Waals surface area (Å²) < 4.78 is 10.7. The van der Waals surface area contributed by atoms with Gasteiger partial charge in [0, 0.05) is 29.1 Å². The van der Waals surface area contributed by atoms with E-state index in [0.29, 0.717) is 16.5 Å². The summed E-state index contributed by atoms with van der Waals surface area (Å²) in [5, 5.41) is 3.89. The first-order valence-electron chi connectivity index (χ1n) is 8.72.